The van der Waals surface area contributed by atoms with Gasteiger partial charge < -0.3 is 4.74 Å². The molecule has 88 valence electrons. The molecule has 15 heavy (non-hydrogen) atoms. The lowest BCUT2D eigenvalue weighted by Crippen LogP contribution is -2.22. The summed E-state index contributed by atoms with van der Waals surface area (Å²) in [6, 6.07) is 0. The van der Waals surface area contributed by atoms with E-state index in [0.717, 1.165) is 6.42 Å². The van der Waals surface area contributed by atoms with E-state index in [1.807, 2.05) is 19.9 Å². The number of ether oxygens (including phenoxy) is 1. The second-order valence-electron chi connectivity index (χ2n) is 4.59. The maximum absolute atomic E-state index is 11.6. The largest absolute Gasteiger partial charge is 0.459 e. The SMILES string of the molecule is CCC(C)C(C)OC(=O)/C(C)=C/C(C)C. The first-order valence-corrected chi connectivity index (χ1v) is 5.77. The van der Waals surface area contributed by atoms with E-state index in [-0.39, 0.29) is 12.1 Å². The third kappa shape index (κ3) is 5.60. The van der Waals surface area contributed by atoms with E-state index in [0.29, 0.717) is 17.4 Å². The Bertz CT molecular complexity index is 229. The molecule has 0 rings (SSSR count). The van der Waals surface area contributed by atoms with Gasteiger partial charge in [0.25, 0.3) is 0 Å². The lowest BCUT2D eigenvalue weighted by Gasteiger charge is -2.19. The van der Waals surface area contributed by atoms with Gasteiger partial charge in [-0.3, -0.25) is 0 Å². The van der Waals surface area contributed by atoms with Crippen LogP contribution >= 0.6 is 0 Å². The maximum atomic E-state index is 11.6. The Morgan fingerprint density at radius 2 is 1.80 bits per heavy atom. The lowest BCUT2D eigenvalue weighted by atomic mass is 10.0. The van der Waals surface area contributed by atoms with Gasteiger partial charge in [-0.2, -0.15) is 0 Å². The molecular weight excluding hydrogens is 188 g/mol. The zero-order valence-corrected chi connectivity index (χ0v) is 10.8. The Hall–Kier alpha value is -0.790. The molecule has 0 spiro atoms. The molecule has 2 atom stereocenters. The van der Waals surface area contributed by atoms with Crippen LogP contribution in [0, 0.1) is 11.8 Å². The minimum Gasteiger partial charge on any atom is -0.459 e. The monoisotopic (exact) mass is 212 g/mol. The van der Waals surface area contributed by atoms with Gasteiger partial charge in [0, 0.05) is 5.57 Å². The van der Waals surface area contributed by atoms with Crippen LogP contribution < -0.4 is 0 Å². The van der Waals surface area contributed by atoms with Crippen molar-refractivity contribution in [3.05, 3.63) is 11.6 Å². The number of hydrogen-bond donors (Lipinski definition) is 0. The standard InChI is InChI=1S/C13H24O2/c1-7-10(4)12(6)15-13(14)11(5)8-9(2)3/h8-10,12H,7H2,1-6H3/b11-8+. The van der Waals surface area contributed by atoms with E-state index in [9.17, 15) is 4.79 Å². The molecular formula is C13H24O2. The van der Waals surface area contributed by atoms with Crippen molar-refractivity contribution in [2.45, 2.75) is 54.1 Å². The van der Waals surface area contributed by atoms with Gasteiger partial charge in [0.1, 0.15) is 6.10 Å². The average molecular weight is 212 g/mol. The van der Waals surface area contributed by atoms with Crippen LogP contribution in [-0.4, -0.2) is 12.1 Å². The first-order valence-electron chi connectivity index (χ1n) is 5.77. The number of esters is 1. The Balaban J connectivity index is 4.25. The highest BCUT2D eigenvalue weighted by molar-refractivity contribution is 5.87. The van der Waals surface area contributed by atoms with Crippen LogP contribution in [0.5, 0.6) is 0 Å². The fourth-order valence-electron chi connectivity index (χ4n) is 1.28. The Morgan fingerprint density at radius 1 is 1.27 bits per heavy atom. The van der Waals surface area contributed by atoms with E-state index in [1.165, 1.54) is 0 Å². The molecule has 0 amide bonds. The summed E-state index contributed by atoms with van der Waals surface area (Å²) in [5.74, 6) is 0.619. The molecule has 0 radical (unpaired) electrons. The smallest absolute Gasteiger partial charge is 0.333 e. The quantitative estimate of drug-likeness (QED) is 0.514. The Morgan fingerprint density at radius 3 is 2.20 bits per heavy atom. The first kappa shape index (κ1) is 14.2. The van der Waals surface area contributed by atoms with Gasteiger partial charge in [0.15, 0.2) is 0 Å². The number of carbonyl (C=O) groups excluding carboxylic acids is 1. The fourth-order valence-corrected chi connectivity index (χ4v) is 1.28. The van der Waals surface area contributed by atoms with Gasteiger partial charge in [-0.15, -0.1) is 0 Å². The van der Waals surface area contributed by atoms with Crippen molar-refractivity contribution < 1.29 is 9.53 Å². The van der Waals surface area contributed by atoms with Gasteiger partial charge in [-0.25, -0.2) is 4.79 Å². The van der Waals surface area contributed by atoms with Crippen molar-refractivity contribution in [2.24, 2.45) is 11.8 Å². The van der Waals surface area contributed by atoms with Crippen molar-refractivity contribution in [3.63, 3.8) is 0 Å². The molecule has 0 aliphatic heterocycles. The summed E-state index contributed by atoms with van der Waals surface area (Å²) >= 11 is 0. The normalized spacial score (nSPS) is 16.3. The molecule has 2 nitrogen and oxygen atoms in total. The first-order chi connectivity index (χ1) is 6.88. The van der Waals surface area contributed by atoms with Crippen LogP contribution in [0.1, 0.15) is 48.0 Å². The molecule has 0 aliphatic rings. The zero-order chi connectivity index (χ0) is 12.0. The number of allylic oxidation sites excluding steroid dienone is 1. The summed E-state index contributed by atoms with van der Waals surface area (Å²) < 4.78 is 5.36. The van der Waals surface area contributed by atoms with Crippen LogP contribution in [0.2, 0.25) is 0 Å². The van der Waals surface area contributed by atoms with Crippen molar-refractivity contribution >= 4 is 5.97 Å². The van der Waals surface area contributed by atoms with Crippen LogP contribution in [0.4, 0.5) is 0 Å². The minimum atomic E-state index is -0.184. The molecule has 0 heterocycles. The highest BCUT2D eigenvalue weighted by Gasteiger charge is 2.16. The Kier molecular flexibility index (Phi) is 6.30. The second-order valence-corrected chi connectivity index (χ2v) is 4.59. The fraction of sp³-hybridized carbons (Fsp3) is 0.769. The molecule has 0 aliphatic carbocycles. The maximum Gasteiger partial charge on any atom is 0.333 e. The van der Waals surface area contributed by atoms with E-state index >= 15 is 0 Å². The van der Waals surface area contributed by atoms with Crippen molar-refractivity contribution in [1.29, 1.82) is 0 Å². The molecule has 0 saturated heterocycles. The summed E-state index contributed by atoms with van der Waals surface area (Å²) in [5.41, 5.74) is 0.708. The summed E-state index contributed by atoms with van der Waals surface area (Å²) in [6.07, 6.45) is 2.96. The van der Waals surface area contributed by atoms with Gasteiger partial charge in [-0.1, -0.05) is 40.2 Å². The summed E-state index contributed by atoms with van der Waals surface area (Å²) in [4.78, 5) is 11.6. The zero-order valence-electron chi connectivity index (χ0n) is 10.8. The molecule has 0 N–H and O–H groups in total. The van der Waals surface area contributed by atoms with Crippen LogP contribution in [0.15, 0.2) is 11.6 Å². The summed E-state index contributed by atoms with van der Waals surface area (Å²) in [6.45, 7) is 12.1. The van der Waals surface area contributed by atoms with Gasteiger partial charge in [0.05, 0.1) is 0 Å². The molecule has 0 aromatic carbocycles. The Labute approximate surface area is 93.7 Å². The summed E-state index contributed by atoms with van der Waals surface area (Å²) in [7, 11) is 0. The number of hydrogen-bond acceptors (Lipinski definition) is 2. The predicted octanol–water partition coefficient (Wildman–Crippen LogP) is 3.57. The van der Waals surface area contributed by atoms with Crippen LogP contribution in [0.25, 0.3) is 0 Å². The van der Waals surface area contributed by atoms with Crippen LogP contribution in [0.3, 0.4) is 0 Å². The third-order valence-corrected chi connectivity index (χ3v) is 2.64. The van der Waals surface area contributed by atoms with E-state index < -0.39 is 0 Å². The second kappa shape index (κ2) is 6.65. The van der Waals surface area contributed by atoms with Gasteiger partial charge >= 0.3 is 5.97 Å². The summed E-state index contributed by atoms with van der Waals surface area (Å²) in [5, 5.41) is 0. The third-order valence-electron chi connectivity index (χ3n) is 2.64. The molecule has 0 bridgehead atoms. The van der Waals surface area contributed by atoms with Crippen molar-refractivity contribution in [1.82, 2.24) is 0 Å². The van der Waals surface area contributed by atoms with Crippen molar-refractivity contribution in [3.8, 4) is 0 Å². The van der Waals surface area contributed by atoms with E-state index in [1.54, 1.807) is 0 Å². The average Bonchev–Trinajstić information content (AvgIpc) is 2.15. The minimum absolute atomic E-state index is 0.00184. The van der Waals surface area contributed by atoms with Crippen LogP contribution in [-0.2, 0) is 9.53 Å². The number of carbonyl (C=O) groups is 1. The molecule has 0 saturated carbocycles. The topological polar surface area (TPSA) is 26.3 Å². The number of rotatable bonds is 5. The molecule has 2 unspecified atom stereocenters. The van der Waals surface area contributed by atoms with E-state index in [2.05, 4.69) is 27.7 Å². The van der Waals surface area contributed by atoms with Gasteiger partial charge in [0.2, 0.25) is 0 Å². The molecule has 2 heteroatoms. The highest BCUT2D eigenvalue weighted by Crippen LogP contribution is 2.13. The lowest BCUT2D eigenvalue weighted by molar-refractivity contribution is -0.145. The molecule has 0 fully saturated rings. The highest BCUT2D eigenvalue weighted by atomic mass is 16.5. The van der Waals surface area contributed by atoms with E-state index in [4.69, 9.17) is 4.74 Å². The van der Waals surface area contributed by atoms with Gasteiger partial charge in [-0.05, 0) is 25.7 Å². The van der Waals surface area contributed by atoms with Crippen molar-refractivity contribution in [2.75, 3.05) is 0 Å². The molecule has 0 aromatic rings. The molecule has 0 aromatic heterocycles. The predicted molar refractivity (Wildman–Crippen MR) is 63.6 cm³/mol.